The first kappa shape index (κ1) is 12.4. The van der Waals surface area contributed by atoms with E-state index in [-0.39, 0.29) is 11.9 Å². The highest BCUT2D eigenvalue weighted by Gasteiger charge is 2.21. The van der Waals surface area contributed by atoms with Crippen molar-refractivity contribution in [3.63, 3.8) is 0 Å². The molecule has 1 aromatic rings. The van der Waals surface area contributed by atoms with Gasteiger partial charge in [0.2, 0.25) is 5.91 Å². The average molecular weight is 255 g/mol. The molecule has 0 saturated carbocycles. The number of rotatable bonds is 4. The second-order valence-corrected chi connectivity index (χ2v) is 5.08. The third-order valence-electron chi connectivity index (χ3n) is 2.68. The molecule has 17 heavy (non-hydrogen) atoms. The molecule has 1 aliphatic heterocycles. The Morgan fingerprint density at radius 3 is 3.06 bits per heavy atom. The molecule has 2 heterocycles. The van der Waals surface area contributed by atoms with Gasteiger partial charge in [0.15, 0.2) is 5.89 Å². The van der Waals surface area contributed by atoms with E-state index in [0.29, 0.717) is 18.9 Å². The summed E-state index contributed by atoms with van der Waals surface area (Å²) in [5.74, 6) is 3.32. The maximum atomic E-state index is 11.7. The van der Waals surface area contributed by atoms with E-state index in [0.717, 1.165) is 23.1 Å². The predicted molar refractivity (Wildman–Crippen MR) is 66.9 cm³/mol. The van der Waals surface area contributed by atoms with Crippen molar-refractivity contribution in [3.05, 3.63) is 17.3 Å². The molecule has 0 aliphatic carbocycles. The second-order valence-electron chi connectivity index (χ2n) is 4.05. The molecule has 0 spiro atoms. The molecule has 2 rings (SSSR count). The minimum atomic E-state index is -0.0439. The zero-order valence-electron chi connectivity index (χ0n) is 10.1. The van der Waals surface area contributed by atoms with Crippen molar-refractivity contribution in [1.29, 1.82) is 0 Å². The van der Waals surface area contributed by atoms with Crippen molar-refractivity contribution >= 4 is 17.7 Å². The number of oxazole rings is 1. The van der Waals surface area contributed by atoms with Gasteiger partial charge in [-0.3, -0.25) is 10.1 Å². The van der Waals surface area contributed by atoms with E-state index < -0.39 is 0 Å². The maximum Gasteiger partial charge on any atom is 0.238 e. The molecule has 1 aromatic heterocycles. The van der Waals surface area contributed by atoms with E-state index in [2.05, 4.69) is 15.6 Å². The molecule has 1 amide bonds. The van der Waals surface area contributed by atoms with E-state index >= 15 is 0 Å². The van der Waals surface area contributed by atoms with E-state index in [4.69, 9.17) is 4.42 Å². The monoisotopic (exact) mass is 255 g/mol. The number of carbonyl (C=O) groups is 1. The average Bonchev–Trinajstić information content (AvgIpc) is 2.89. The summed E-state index contributed by atoms with van der Waals surface area (Å²) in [5, 5.41) is 6.04. The van der Waals surface area contributed by atoms with Crippen LogP contribution in [0.25, 0.3) is 0 Å². The fourth-order valence-electron chi connectivity index (χ4n) is 1.79. The number of thioether (sulfide) groups is 1. The molecule has 1 atom stereocenters. The number of carbonyl (C=O) groups excluding carboxylic acids is 1. The topological polar surface area (TPSA) is 67.2 Å². The Morgan fingerprint density at radius 1 is 1.65 bits per heavy atom. The van der Waals surface area contributed by atoms with E-state index in [1.165, 1.54) is 0 Å². The number of nitrogens with one attached hydrogen (secondary N) is 2. The van der Waals surface area contributed by atoms with Crippen LogP contribution in [0, 0.1) is 13.8 Å². The highest BCUT2D eigenvalue weighted by atomic mass is 32.2. The molecule has 0 bridgehead atoms. The van der Waals surface area contributed by atoms with Gasteiger partial charge in [0.25, 0.3) is 0 Å². The molecule has 2 N–H and O–H groups in total. The van der Waals surface area contributed by atoms with Gasteiger partial charge in [-0.2, -0.15) is 0 Å². The van der Waals surface area contributed by atoms with Crippen LogP contribution >= 0.6 is 11.8 Å². The van der Waals surface area contributed by atoms with Gasteiger partial charge in [-0.05, 0) is 6.92 Å². The third kappa shape index (κ3) is 3.23. The number of aryl methyl sites for hydroxylation is 2. The Balaban J connectivity index is 1.75. The Morgan fingerprint density at radius 2 is 2.47 bits per heavy atom. The first-order valence-electron chi connectivity index (χ1n) is 5.68. The second kappa shape index (κ2) is 5.55. The molecule has 1 fully saturated rings. The summed E-state index contributed by atoms with van der Waals surface area (Å²) < 4.78 is 5.44. The van der Waals surface area contributed by atoms with Crippen LogP contribution in [0.4, 0.5) is 0 Å². The maximum absolute atomic E-state index is 11.7. The lowest BCUT2D eigenvalue weighted by Crippen LogP contribution is -2.42. The van der Waals surface area contributed by atoms with Crippen LogP contribution in [0.3, 0.4) is 0 Å². The lowest BCUT2D eigenvalue weighted by molar-refractivity contribution is -0.122. The molecule has 5 nitrogen and oxygen atoms in total. The first-order valence-corrected chi connectivity index (χ1v) is 6.84. The van der Waals surface area contributed by atoms with Crippen molar-refractivity contribution in [1.82, 2.24) is 15.6 Å². The number of hydrogen-bond acceptors (Lipinski definition) is 5. The van der Waals surface area contributed by atoms with Crippen LogP contribution in [0.1, 0.15) is 17.3 Å². The fourth-order valence-corrected chi connectivity index (χ4v) is 2.73. The highest BCUT2D eigenvalue weighted by Crippen LogP contribution is 2.10. The quantitative estimate of drug-likeness (QED) is 0.825. The van der Waals surface area contributed by atoms with Crippen LogP contribution in [0.5, 0.6) is 0 Å². The number of nitrogens with zero attached hydrogens (tertiary/aromatic N) is 1. The van der Waals surface area contributed by atoms with Gasteiger partial charge in [0, 0.05) is 31.5 Å². The van der Waals surface area contributed by atoms with Crippen molar-refractivity contribution in [3.8, 4) is 0 Å². The van der Waals surface area contributed by atoms with Crippen LogP contribution in [0.2, 0.25) is 0 Å². The summed E-state index contributed by atoms with van der Waals surface area (Å²) >= 11 is 1.75. The summed E-state index contributed by atoms with van der Waals surface area (Å²) in [5.41, 5.74) is 0.909. The number of hydrogen-bond donors (Lipinski definition) is 2. The van der Waals surface area contributed by atoms with Gasteiger partial charge < -0.3 is 9.73 Å². The van der Waals surface area contributed by atoms with Crippen molar-refractivity contribution < 1.29 is 9.21 Å². The molecule has 1 aliphatic rings. The Hall–Kier alpha value is -1.01. The van der Waals surface area contributed by atoms with Crippen molar-refractivity contribution in [2.24, 2.45) is 0 Å². The summed E-state index contributed by atoms with van der Waals surface area (Å²) in [6.45, 7) is 4.34. The molecule has 0 aromatic carbocycles. The molecule has 0 radical (unpaired) electrons. The van der Waals surface area contributed by atoms with Crippen LogP contribution in [0.15, 0.2) is 4.42 Å². The first-order chi connectivity index (χ1) is 8.16. The van der Waals surface area contributed by atoms with Gasteiger partial charge in [-0.15, -0.1) is 11.8 Å². The summed E-state index contributed by atoms with van der Waals surface area (Å²) in [4.78, 5) is 15.9. The zero-order valence-corrected chi connectivity index (χ0v) is 10.9. The number of amides is 1. The van der Waals surface area contributed by atoms with Gasteiger partial charge in [-0.1, -0.05) is 0 Å². The van der Waals surface area contributed by atoms with Crippen LogP contribution < -0.4 is 10.6 Å². The van der Waals surface area contributed by atoms with Gasteiger partial charge in [-0.25, -0.2) is 4.98 Å². The zero-order chi connectivity index (χ0) is 12.3. The standard InChI is InChI=1S/C11H17N3O2S/c1-7-10(16-8(2)14-7)3-4-12-11(15)9-5-17-6-13-9/h9,13H,3-6H2,1-2H3,(H,12,15). The lowest BCUT2D eigenvalue weighted by Gasteiger charge is -2.09. The number of aromatic nitrogens is 1. The van der Waals surface area contributed by atoms with Crippen LogP contribution in [-0.4, -0.2) is 35.1 Å². The Labute approximate surface area is 105 Å². The minimum Gasteiger partial charge on any atom is -0.446 e. The third-order valence-corrected chi connectivity index (χ3v) is 3.62. The van der Waals surface area contributed by atoms with E-state index in [1.54, 1.807) is 11.8 Å². The lowest BCUT2D eigenvalue weighted by atomic mass is 10.2. The van der Waals surface area contributed by atoms with Gasteiger partial charge in [0.1, 0.15) is 5.76 Å². The summed E-state index contributed by atoms with van der Waals surface area (Å²) in [7, 11) is 0. The molecular weight excluding hydrogens is 238 g/mol. The summed E-state index contributed by atoms with van der Waals surface area (Å²) in [6, 6.07) is -0.0439. The highest BCUT2D eigenvalue weighted by molar-refractivity contribution is 7.99. The van der Waals surface area contributed by atoms with Crippen LogP contribution in [-0.2, 0) is 11.2 Å². The molecule has 94 valence electrons. The van der Waals surface area contributed by atoms with Crippen molar-refractivity contribution in [2.45, 2.75) is 26.3 Å². The SMILES string of the molecule is Cc1nc(C)c(CCNC(=O)C2CSCN2)o1. The Kier molecular flexibility index (Phi) is 4.06. The largest absolute Gasteiger partial charge is 0.446 e. The minimum absolute atomic E-state index is 0.0439. The Bertz CT molecular complexity index is 399. The smallest absolute Gasteiger partial charge is 0.238 e. The molecule has 6 heteroatoms. The normalized spacial score (nSPS) is 19.5. The summed E-state index contributed by atoms with van der Waals surface area (Å²) in [6.07, 6.45) is 0.693. The van der Waals surface area contributed by atoms with E-state index in [9.17, 15) is 4.79 Å². The van der Waals surface area contributed by atoms with E-state index in [1.807, 2.05) is 13.8 Å². The fraction of sp³-hybridized carbons (Fsp3) is 0.636. The van der Waals surface area contributed by atoms with Crippen molar-refractivity contribution in [2.75, 3.05) is 18.2 Å². The molecule has 1 saturated heterocycles. The van der Waals surface area contributed by atoms with Gasteiger partial charge >= 0.3 is 0 Å². The molecular formula is C11H17N3O2S. The van der Waals surface area contributed by atoms with Gasteiger partial charge in [0.05, 0.1) is 11.7 Å². The molecule has 1 unspecified atom stereocenters. The predicted octanol–water partition coefficient (Wildman–Crippen LogP) is 0.613.